The number of aliphatic hydroxyl groups is 2. The van der Waals surface area contributed by atoms with E-state index in [4.69, 9.17) is 15.1 Å². The summed E-state index contributed by atoms with van der Waals surface area (Å²) in [6, 6.07) is 5.42. The molecular weight excluding hydrogens is 222 g/mol. The van der Waals surface area contributed by atoms with Crippen molar-refractivity contribution in [1.29, 1.82) is 0 Å². The van der Waals surface area contributed by atoms with E-state index in [1.807, 2.05) is 19.1 Å². The van der Waals surface area contributed by atoms with Crippen LogP contribution in [-0.2, 0) is 0 Å². The van der Waals surface area contributed by atoms with Crippen LogP contribution in [0.5, 0.6) is 5.75 Å². The van der Waals surface area contributed by atoms with Crippen molar-refractivity contribution in [3.8, 4) is 5.75 Å². The van der Waals surface area contributed by atoms with Gasteiger partial charge in [0, 0.05) is 5.56 Å². The molecule has 0 spiro atoms. The van der Waals surface area contributed by atoms with E-state index in [9.17, 15) is 5.11 Å². The second kappa shape index (κ2) is 6.22. The molecule has 17 heavy (non-hydrogen) atoms. The summed E-state index contributed by atoms with van der Waals surface area (Å²) >= 11 is 0. The number of aliphatic hydroxyl groups excluding tert-OH is 2. The first-order chi connectivity index (χ1) is 8.08. The van der Waals surface area contributed by atoms with Crippen molar-refractivity contribution in [3.05, 3.63) is 29.3 Å². The Bertz CT molecular complexity index is 403. The van der Waals surface area contributed by atoms with E-state index in [0.29, 0.717) is 17.0 Å². The summed E-state index contributed by atoms with van der Waals surface area (Å²) in [6.45, 7) is 3.21. The van der Waals surface area contributed by atoms with Crippen molar-refractivity contribution in [2.45, 2.75) is 20.0 Å². The zero-order valence-corrected chi connectivity index (χ0v) is 9.92. The topological polar surface area (TPSA) is 82.3 Å². The van der Waals surface area contributed by atoms with Crippen LogP contribution in [0.2, 0.25) is 0 Å². The van der Waals surface area contributed by atoms with E-state index in [-0.39, 0.29) is 13.2 Å². The number of oxime groups is 1. The average molecular weight is 239 g/mol. The smallest absolute Gasteiger partial charge is 0.128 e. The standard InChI is InChI=1S/C12H17NO4/c1-8-3-4-12(17-7-10(15)6-14)11(5-8)9(2)13-16/h3-5,10,14-16H,6-7H2,1-2H3/b13-9-. The van der Waals surface area contributed by atoms with Gasteiger partial charge in [0.25, 0.3) is 0 Å². The predicted molar refractivity (Wildman–Crippen MR) is 63.8 cm³/mol. The number of rotatable bonds is 5. The van der Waals surface area contributed by atoms with Gasteiger partial charge in [-0.25, -0.2) is 0 Å². The molecule has 1 aromatic rings. The first-order valence-electron chi connectivity index (χ1n) is 5.30. The van der Waals surface area contributed by atoms with E-state index < -0.39 is 6.10 Å². The normalized spacial score (nSPS) is 13.5. The molecule has 0 amide bonds. The van der Waals surface area contributed by atoms with Gasteiger partial charge in [-0.1, -0.05) is 16.8 Å². The van der Waals surface area contributed by atoms with Crippen molar-refractivity contribution < 1.29 is 20.2 Å². The molecule has 0 aliphatic carbocycles. The van der Waals surface area contributed by atoms with Crippen LogP contribution in [0, 0.1) is 6.92 Å². The molecule has 3 N–H and O–H groups in total. The molecule has 1 atom stereocenters. The van der Waals surface area contributed by atoms with E-state index in [1.54, 1.807) is 13.0 Å². The van der Waals surface area contributed by atoms with Crippen LogP contribution in [0.15, 0.2) is 23.4 Å². The van der Waals surface area contributed by atoms with E-state index in [0.717, 1.165) is 5.56 Å². The Morgan fingerprint density at radius 3 is 2.76 bits per heavy atom. The molecule has 0 aromatic heterocycles. The summed E-state index contributed by atoms with van der Waals surface area (Å²) in [7, 11) is 0. The molecule has 94 valence electrons. The summed E-state index contributed by atoms with van der Waals surface area (Å²) in [5.41, 5.74) is 2.11. The van der Waals surface area contributed by atoms with Crippen molar-refractivity contribution in [3.63, 3.8) is 0 Å². The number of nitrogens with zero attached hydrogens (tertiary/aromatic N) is 1. The molecule has 1 rings (SSSR count). The molecule has 0 heterocycles. The maximum absolute atomic E-state index is 9.21. The van der Waals surface area contributed by atoms with Gasteiger partial charge in [-0.15, -0.1) is 0 Å². The van der Waals surface area contributed by atoms with Gasteiger partial charge in [0.1, 0.15) is 18.5 Å². The third-order valence-electron chi connectivity index (χ3n) is 2.32. The Kier molecular flexibility index (Phi) is 4.93. The first-order valence-corrected chi connectivity index (χ1v) is 5.30. The van der Waals surface area contributed by atoms with Gasteiger partial charge in [0.15, 0.2) is 0 Å². The molecule has 0 radical (unpaired) electrons. The highest BCUT2D eigenvalue weighted by atomic mass is 16.5. The third kappa shape index (κ3) is 3.72. The van der Waals surface area contributed by atoms with Crippen LogP contribution >= 0.6 is 0 Å². The van der Waals surface area contributed by atoms with Crippen molar-refractivity contribution in [2.24, 2.45) is 5.16 Å². The Balaban J connectivity index is 2.91. The van der Waals surface area contributed by atoms with Gasteiger partial charge in [0.2, 0.25) is 0 Å². The zero-order valence-electron chi connectivity index (χ0n) is 9.92. The first kappa shape index (κ1) is 13.5. The summed E-state index contributed by atoms with van der Waals surface area (Å²) in [6.07, 6.45) is -0.921. The fourth-order valence-electron chi connectivity index (χ4n) is 1.34. The number of hydrogen-bond donors (Lipinski definition) is 3. The van der Waals surface area contributed by atoms with Crippen molar-refractivity contribution >= 4 is 5.71 Å². The second-order valence-electron chi connectivity index (χ2n) is 3.83. The predicted octanol–water partition coefficient (Wildman–Crippen LogP) is 0.925. The van der Waals surface area contributed by atoms with Crippen LogP contribution in [-0.4, -0.2) is 40.4 Å². The molecule has 0 bridgehead atoms. The quantitative estimate of drug-likeness (QED) is 0.405. The SMILES string of the molecule is C/C(=N/O)c1cc(C)ccc1OCC(O)CO. The van der Waals surface area contributed by atoms with Gasteiger partial charge in [-0.2, -0.15) is 0 Å². The van der Waals surface area contributed by atoms with Crippen LogP contribution < -0.4 is 4.74 Å². The lowest BCUT2D eigenvalue weighted by atomic mass is 10.1. The zero-order chi connectivity index (χ0) is 12.8. The largest absolute Gasteiger partial charge is 0.490 e. The number of benzene rings is 1. The Morgan fingerprint density at radius 2 is 2.18 bits per heavy atom. The Morgan fingerprint density at radius 1 is 1.47 bits per heavy atom. The van der Waals surface area contributed by atoms with E-state index in [1.165, 1.54) is 0 Å². The Hall–Kier alpha value is -1.59. The summed E-state index contributed by atoms with van der Waals surface area (Å²) < 4.78 is 5.37. The van der Waals surface area contributed by atoms with Crippen LogP contribution in [0.3, 0.4) is 0 Å². The minimum atomic E-state index is -0.921. The van der Waals surface area contributed by atoms with Crippen LogP contribution in [0.25, 0.3) is 0 Å². The lowest BCUT2D eigenvalue weighted by Gasteiger charge is -2.13. The maximum atomic E-state index is 9.21. The minimum Gasteiger partial charge on any atom is -0.490 e. The molecular formula is C12H17NO4. The molecule has 5 heteroatoms. The number of hydrogen-bond acceptors (Lipinski definition) is 5. The molecule has 0 saturated carbocycles. The van der Waals surface area contributed by atoms with Gasteiger partial charge in [0.05, 0.1) is 12.3 Å². The fraction of sp³-hybridized carbons (Fsp3) is 0.417. The van der Waals surface area contributed by atoms with Crippen molar-refractivity contribution in [2.75, 3.05) is 13.2 Å². The fourth-order valence-corrected chi connectivity index (χ4v) is 1.34. The van der Waals surface area contributed by atoms with Crippen LogP contribution in [0.1, 0.15) is 18.1 Å². The maximum Gasteiger partial charge on any atom is 0.128 e. The average Bonchev–Trinajstić information content (AvgIpc) is 2.35. The molecule has 0 aliphatic heterocycles. The highest BCUT2D eigenvalue weighted by Crippen LogP contribution is 2.21. The molecule has 0 saturated heterocycles. The molecule has 0 fully saturated rings. The molecule has 5 nitrogen and oxygen atoms in total. The van der Waals surface area contributed by atoms with Gasteiger partial charge >= 0.3 is 0 Å². The summed E-state index contributed by atoms with van der Waals surface area (Å²) in [5.74, 6) is 0.512. The van der Waals surface area contributed by atoms with Crippen LogP contribution in [0.4, 0.5) is 0 Å². The van der Waals surface area contributed by atoms with E-state index in [2.05, 4.69) is 5.16 Å². The highest BCUT2D eigenvalue weighted by Gasteiger charge is 2.10. The van der Waals surface area contributed by atoms with Gasteiger partial charge < -0.3 is 20.2 Å². The monoisotopic (exact) mass is 239 g/mol. The van der Waals surface area contributed by atoms with Gasteiger partial charge in [-0.05, 0) is 26.0 Å². The second-order valence-corrected chi connectivity index (χ2v) is 3.83. The van der Waals surface area contributed by atoms with Gasteiger partial charge in [-0.3, -0.25) is 0 Å². The van der Waals surface area contributed by atoms with Crippen molar-refractivity contribution in [1.82, 2.24) is 0 Å². The third-order valence-corrected chi connectivity index (χ3v) is 2.32. The molecule has 1 aromatic carbocycles. The van der Waals surface area contributed by atoms with E-state index >= 15 is 0 Å². The lowest BCUT2D eigenvalue weighted by molar-refractivity contribution is 0.0535. The summed E-state index contributed by atoms with van der Waals surface area (Å²) in [4.78, 5) is 0. The Labute approximate surface area is 100.0 Å². The number of aryl methyl sites for hydroxylation is 1. The molecule has 0 aliphatic rings. The number of ether oxygens (including phenoxy) is 1. The summed E-state index contributed by atoms with van der Waals surface area (Å²) in [5, 5.41) is 29.8. The molecule has 1 unspecified atom stereocenters. The highest BCUT2D eigenvalue weighted by molar-refractivity contribution is 6.00. The minimum absolute atomic E-state index is 0.00866. The lowest BCUT2D eigenvalue weighted by Crippen LogP contribution is -2.21.